The van der Waals surface area contributed by atoms with Crippen LogP contribution in [0.15, 0.2) is 0 Å². The molecule has 0 aromatic carbocycles. The molecule has 2 rings (SSSR count). The maximum Gasteiger partial charge on any atom is 0.00772 e. The van der Waals surface area contributed by atoms with Gasteiger partial charge in [-0.1, -0.05) is 47.0 Å². The lowest BCUT2D eigenvalue weighted by Crippen LogP contribution is -2.46. The van der Waals surface area contributed by atoms with Crippen molar-refractivity contribution in [1.29, 1.82) is 0 Å². The van der Waals surface area contributed by atoms with Crippen molar-refractivity contribution >= 4 is 0 Å². The third-order valence-electron chi connectivity index (χ3n) is 5.22. The predicted octanol–water partition coefficient (Wildman–Crippen LogP) is 4.76. The number of hydrogen-bond donors (Lipinski definition) is 1. The molecule has 0 aromatic rings. The van der Waals surface area contributed by atoms with E-state index in [1.807, 2.05) is 0 Å². The zero-order valence-corrected chi connectivity index (χ0v) is 13.0. The van der Waals surface area contributed by atoms with E-state index in [1.54, 1.807) is 0 Å². The van der Waals surface area contributed by atoms with Crippen LogP contribution >= 0.6 is 0 Å². The predicted molar refractivity (Wildman–Crippen MR) is 79.8 cm³/mol. The Morgan fingerprint density at radius 2 is 1.83 bits per heavy atom. The van der Waals surface area contributed by atoms with Crippen LogP contribution in [0.4, 0.5) is 0 Å². The molecule has 4 atom stereocenters. The van der Waals surface area contributed by atoms with Crippen molar-refractivity contribution in [2.45, 2.75) is 91.1 Å². The summed E-state index contributed by atoms with van der Waals surface area (Å²) < 4.78 is 0. The Morgan fingerprint density at radius 1 is 1.06 bits per heavy atom. The van der Waals surface area contributed by atoms with Gasteiger partial charge in [0.1, 0.15) is 0 Å². The maximum absolute atomic E-state index is 4.01. The second-order valence-electron chi connectivity index (χ2n) is 7.91. The summed E-state index contributed by atoms with van der Waals surface area (Å²) in [7, 11) is 0. The Hall–Kier alpha value is -0.0400. The van der Waals surface area contributed by atoms with Gasteiger partial charge in [0.15, 0.2) is 0 Å². The molecule has 1 nitrogen and oxygen atoms in total. The Labute approximate surface area is 114 Å². The first-order valence-corrected chi connectivity index (χ1v) is 8.24. The zero-order valence-electron chi connectivity index (χ0n) is 13.0. The third-order valence-corrected chi connectivity index (χ3v) is 5.22. The quantitative estimate of drug-likeness (QED) is 0.762. The monoisotopic (exact) mass is 251 g/mol. The van der Waals surface area contributed by atoms with Gasteiger partial charge in [0, 0.05) is 12.1 Å². The molecule has 2 saturated carbocycles. The Morgan fingerprint density at radius 3 is 2.50 bits per heavy atom. The molecule has 2 aliphatic rings. The lowest BCUT2D eigenvalue weighted by Gasteiger charge is -2.42. The fourth-order valence-electron chi connectivity index (χ4n) is 4.62. The molecule has 2 fully saturated rings. The second kappa shape index (κ2) is 5.94. The molecule has 0 heterocycles. The van der Waals surface area contributed by atoms with Crippen LogP contribution in [0, 0.1) is 17.3 Å². The molecule has 1 heteroatoms. The van der Waals surface area contributed by atoms with Crippen LogP contribution in [-0.2, 0) is 0 Å². The van der Waals surface area contributed by atoms with Crippen LogP contribution in [0.25, 0.3) is 0 Å². The van der Waals surface area contributed by atoms with Gasteiger partial charge in [-0.05, 0) is 49.4 Å². The Balaban J connectivity index is 1.85. The first kappa shape index (κ1) is 14.4. The third kappa shape index (κ3) is 3.98. The molecule has 0 aromatic heterocycles. The van der Waals surface area contributed by atoms with Crippen LogP contribution < -0.4 is 5.32 Å². The van der Waals surface area contributed by atoms with Gasteiger partial charge in [0.2, 0.25) is 0 Å². The van der Waals surface area contributed by atoms with Crippen molar-refractivity contribution in [3.63, 3.8) is 0 Å². The van der Waals surface area contributed by atoms with Crippen molar-refractivity contribution in [2.24, 2.45) is 17.3 Å². The summed E-state index contributed by atoms with van der Waals surface area (Å²) in [5, 5.41) is 4.01. The number of hydrogen-bond acceptors (Lipinski definition) is 1. The fourth-order valence-corrected chi connectivity index (χ4v) is 4.62. The highest BCUT2D eigenvalue weighted by atomic mass is 15.0. The average Bonchev–Trinajstić information content (AvgIpc) is 2.26. The highest BCUT2D eigenvalue weighted by molar-refractivity contribution is 4.89. The normalized spacial score (nSPS) is 40.7. The van der Waals surface area contributed by atoms with Gasteiger partial charge >= 0.3 is 0 Å². The van der Waals surface area contributed by atoms with Gasteiger partial charge in [0.05, 0.1) is 0 Å². The summed E-state index contributed by atoms with van der Waals surface area (Å²) in [4.78, 5) is 0. The second-order valence-corrected chi connectivity index (χ2v) is 7.91. The Bertz CT molecular complexity index is 258. The lowest BCUT2D eigenvalue weighted by atomic mass is 9.70. The molecule has 4 unspecified atom stereocenters. The fraction of sp³-hybridized carbons (Fsp3) is 1.00. The molecule has 2 aliphatic carbocycles. The van der Waals surface area contributed by atoms with Crippen LogP contribution in [0.3, 0.4) is 0 Å². The highest BCUT2D eigenvalue weighted by Gasteiger charge is 2.33. The van der Waals surface area contributed by atoms with E-state index in [9.17, 15) is 0 Å². The van der Waals surface area contributed by atoms with Gasteiger partial charge in [-0.2, -0.15) is 0 Å². The van der Waals surface area contributed by atoms with E-state index in [2.05, 4.69) is 33.0 Å². The van der Waals surface area contributed by atoms with Crippen molar-refractivity contribution in [1.82, 2.24) is 5.32 Å². The zero-order chi connectivity index (χ0) is 13.2. The molecule has 0 radical (unpaired) electrons. The van der Waals surface area contributed by atoms with Crippen LogP contribution in [-0.4, -0.2) is 12.1 Å². The largest absolute Gasteiger partial charge is 0.311 e. The van der Waals surface area contributed by atoms with Gasteiger partial charge in [-0.3, -0.25) is 0 Å². The van der Waals surface area contributed by atoms with E-state index in [4.69, 9.17) is 0 Å². The van der Waals surface area contributed by atoms with E-state index >= 15 is 0 Å². The van der Waals surface area contributed by atoms with E-state index in [0.29, 0.717) is 5.41 Å². The molecular weight excluding hydrogens is 218 g/mol. The van der Waals surface area contributed by atoms with Crippen molar-refractivity contribution in [3.05, 3.63) is 0 Å². The highest BCUT2D eigenvalue weighted by Crippen LogP contribution is 2.39. The minimum Gasteiger partial charge on any atom is -0.311 e. The summed E-state index contributed by atoms with van der Waals surface area (Å²) in [5.74, 6) is 1.89. The van der Waals surface area contributed by atoms with Crippen LogP contribution in [0.2, 0.25) is 0 Å². The maximum atomic E-state index is 4.01. The van der Waals surface area contributed by atoms with Crippen molar-refractivity contribution in [3.8, 4) is 0 Å². The smallest absolute Gasteiger partial charge is 0.00772 e. The molecule has 0 saturated heterocycles. The summed E-state index contributed by atoms with van der Waals surface area (Å²) in [5.41, 5.74) is 0.550. The molecule has 106 valence electrons. The summed E-state index contributed by atoms with van der Waals surface area (Å²) in [6.45, 7) is 9.70. The average molecular weight is 251 g/mol. The van der Waals surface area contributed by atoms with Crippen molar-refractivity contribution < 1.29 is 0 Å². The van der Waals surface area contributed by atoms with Gasteiger partial charge in [-0.15, -0.1) is 0 Å². The summed E-state index contributed by atoms with van der Waals surface area (Å²) >= 11 is 0. The summed E-state index contributed by atoms with van der Waals surface area (Å²) in [6.07, 6.45) is 11.3. The van der Waals surface area contributed by atoms with Crippen molar-refractivity contribution in [2.75, 3.05) is 0 Å². The SMILES string of the molecule is CCC1CCCC(NC2CC(C)CC(C)(C)C2)C1. The summed E-state index contributed by atoms with van der Waals surface area (Å²) in [6, 6.07) is 1.60. The van der Waals surface area contributed by atoms with Crippen LogP contribution in [0.1, 0.15) is 79.1 Å². The topological polar surface area (TPSA) is 12.0 Å². The molecule has 0 aliphatic heterocycles. The minimum atomic E-state index is 0.550. The number of nitrogens with one attached hydrogen (secondary N) is 1. The van der Waals surface area contributed by atoms with Gasteiger partial charge < -0.3 is 5.32 Å². The minimum absolute atomic E-state index is 0.550. The Kier molecular flexibility index (Phi) is 4.75. The van der Waals surface area contributed by atoms with E-state index < -0.39 is 0 Å². The van der Waals surface area contributed by atoms with Gasteiger partial charge in [-0.25, -0.2) is 0 Å². The molecular formula is C17H33N. The van der Waals surface area contributed by atoms with E-state index in [-0.39, 0.29) is 0 Å². The molecule has 0 spiro atoms. The molecule has 18 heavy (non-hydrogen) atoms. The first-order chi connectivity index (χ1) is 8.48. The van der Waals surface area contributed by atoms with E-state index in [0.717, 1.165) is 23.9 Å². The molecule has 1 N–H and O–H groups in total. The number of rotatable bonds is 3. The molecule has 0 amide bonds. The lowest BCUT2D eigenvalue weighted by molar-refractivity contribution is 0.133. The van der Waals surface area contributed by atoms with E-state index in [1.165, 1.54) is 51.4 Å². The van der Waals surface area contributed by atoms with Gasteiger partial charge in [0.25, 0.3) is 0 Å². The standard InChI is InChI=1S/C17H33N/c1-5-14-7-6-8-15(10-14)18-16-9-13(2)11-17(3,4)12-16/h13-16,18H,5-12H2,1-4H3. The first-order valence-electron chi connectivity index (χ1n) is 8.24. The molecule has 0 bridgehead atoms. The van der Waals surface area contributed by atoms with Crippen LogP contribution in [0.5, 0.6) is 0 Å².